The van der Waals surface area contributed by atoms with Crippen molar-refractivity contribution in [2.75, 3.05) is 0 Å². The molecule has 1 spiro atoms. The Hall–Kier alpha value is -0.830. The monoisotopic (exact) mass is 248 g/mol. The van der Waals surface area contributed by atoms with E-state index >= 15 is 0 Å². The lowest BCUT2D eigenvalue weighted by Gasteiger charge is -2.27. The summed E-state index contributed by atoms with van der Waals surface area (Å²) in [4.78, 5) is 11.9. The smallest absolute Gasteiger partial charge is 0.309 e. The number of ether oxygens (including phenoxy) is 2. The topological polar surface area (TPSA) is 38.8 Å². The molecule has 4 rings (SSSR count). The van der Waals surface area contributed by atoms with Crippen LogP contribution in [-0.4, -0.2) is 23.3 Å². The van der Waals surface area contributed by atoms with E-state index in [1.54, 1.807) is 0 Å². The van der Waals surface area contributed by atoms with Crippen molar-refractivity contribution in [3.8, 4) is 0 Å². The first-order valence-corrected chi connectivity index (χ1v) is 7.06. The van der Waals surface area contributed by atoms with Gasteiger partial charge in [0.15, 0.2) is 0 Å². The minimum absolute atomic E-state index is 0.0101. The molecule has 0 bridgehead atoms. The van der Waals surface area contributed by atoms with Crippen LogP contribution >= 0.6 is 0 Å². The Balaban J connectivity index is 1.78. The number of carbonyl (C=O) groups excluding carboxylic acids is 1. The van der Waals surface area contributed by atoms with Gasteiger partial charge in [-0.05, 0) is 33.1 Å². The number of rotatable bonds is 0. The Bertz CT molecular complexity index is 468. The third-order valence-corrected chi connectivity index (χ3v) is 5.95. The Morgan fingerprint density at radius 2 is 2.22 bits per heavy atom. The highest BCUT2D eigenvalue weighted by Crippen LogP contribution is 2.67. The van der Waals surface area contributed by atoms with E-state index in [2.05, 4.69) is 19.9 Å². The molecule has 98 valence electrons. The molecule has 2 aliphatic carbocycles. The summed E-state index contributed by atoms with van der Waals surface area (Å²) in [7, 11) is 0. The molecule has 18 heavy (non-hydrogen) atoms. The molecular formula is C15H20O3. The van der Waals surface area contributed by atoms with E-state index in [0.29, 0.717) is 11.8 Å². The van der Waals surface area contributed by atoms with E-state index < -0.39 is 0 Å². The van der Waals surface area contributed by atoms with E-state index in [4.69, 9.17) is 9.47 Å². The van der Waals surface area contributed by atoms with Gasteiger partial charge in [-0.3, -0.25) is 4.79 Å². The number of hydrogen-bond acceptors (Lipinski definition) is 3. The van der Waals surface area contributed by atoms with Gasteiger partial charge in [-0.25, -0.2) is 0 Å². The predicted molar refractivity (Wildman–Crippen MR) is 65.9 cm³/mol. The quantitative estimate of drug-likeness (QED) is 0.375. The molecular weight excluding hydrogens is 228 g/mol. The van der Waals surface area contributed by atoms with Crippen molar-refractivity contribution in [3.63, 3.8) is 0 Å². The summed E-state index contributed by atoms with van der Waals surface area (Å²) in [6.07, 6.45) is 5.45. The van der Waals surface area contributed by atoms with Gasteiger partial charge in [-0.2, -0.15) is 0 Å². The Kier molecular flexibility index (Phi) is 1.84. The second-order valence-electron chi connectivity index (χ2n) is 6.75. The lowest BCUT2D eigenvalue weighted by atomic mass is 9.77. The molecule has 2 saturated heterocycles. The fourth-order valence-electron chi connectivity index (χ4n) is 4.71. The van der Waals surface area contributed by atoms with Crippen LogP contribution in [0.2, 0.25) is 0 Å². The van der Waals surface area contributed by atoms with E-state index in [-0.39, 0.29) is 29.2 Å². The zero-order chi connectivity index (χ0) is 12.7. The summed E-state index contributed by atoms with van der Waals surface area (Å²) in [5, 5.41) is 0. The summed E-state index contributed by atoms with van der Waals surface area (Å²) in [6.45, 7) is 6.43. The van der Waals surface area contributed by atoms with Gasteiger partial charge in [0.1, 0.15) is 11.7 Å². The number of esters is 1. The molecule has 2 aliphatic heterocycles. The third-order valence-electron chi connectivity index (χ3n) is 5.95. The average molecular weight is 248 g/mol. The van der Waals surface area contributed by atoms with Crippen LogP contribution in [0.1, 0.15) is 40.0 Å². The molecule has 1 saturated carbocycles. The van der Waals surface area contributed by atoms with E-state index in [1.165, 1.54) is 5.57 Å². The molecule has 0 aromatic heterocycles. The van der Waals surface area contributed by atoms with Gasteiger partial charge >= 0.3 is 5.97 Å². The largest absolute Gasteiger partial charge is 0.461 e. The van der Waals surface area contributed by atoms with Crippen molar-refractivity contribution in [1.29, 1.82) is 0 Å². The SMILES string of the molecule is CC1=CC[C@@]23O[C@]2(C)CC[C@H]2[C@H](C)C(=O)O[C@@H]2C13. The Morgan fingerprint density at radius 3 is 3.00 bits per heavy atom. The molecule has 3 fully saturated rings. The Morgan fingerprint density at radius 1 is 1.44 bits per heavy atom. The van der Waals surface area contributed by atoms with Gasteiger partial charge in [0.2, 0.25) is 0 Å². The first-order chi connectivity index (χ1) is 8.48. The van der Waals surface area contributed by atoms with E-state index in [1.807, 2.05) is 6.92 Å². The maximum Gasteiger partial charge on any atom is 0.309 e. The number of hydrogen-bond donors (Lipinski definition) is 0. The minimum atomic E-state index is -0.0547. The van der Waals surface area contributed by atoms with Gasteiger partial charge in [0.05, 0.1) is 11.5 Å². The molecule has 3 nitrogen and oxygen atoms in total. The van der Waals surface area contributed by atoms with Crippen LogP contribution < -0.4 is 0 Å². The number of epoxide rings is 1. The van der Waals surface area contributed by atoms with Crippen LogP contribution in [-0.2, 0) is 14.3 Å². The highest BCUT2D eigenvalue weighted by atomic mass is 16.6. The van der Waals surface area contributed by atoms with Crippen molar-refractivity contribution >= 4 is 5.97 Å². The van der Waals surface area contributed by atoms with Crippen LogP contribution in [0.3, 0.4) is 0 Å². The molecule has 2 heterocycles. The zero-order valence-electron chi connectivity index (χ0n) is 11.2. The summed E-state index contributed by atoms with van der Waals surface area (Å²) >= 11 is 0. The summed E-state index contributed by atoms with van der Waals surface area (Å²) in [5.74, 6) is 0.726. The molecule has 0 amide bonds. The van der Waals surface area contributed by atoms with Crippen molar-refractivity contribution in [2.24, 2.45) is 17.8 Å². The lowest BCUT2D eigenvalue weighted by molar-refractivity contribution is -0.145. The highest BCUT2D eigenvalue weighted by molar-refractivity contribution is 5.75. The standard InChI is InChI=1S/C15H20O3/c1-8-4-7-15-11(8)12-10(9(2)13(16)17-12)5-6-14(15,3)18-15/h4,9-12H,5-7H2,1-3H3/t9-,10-,11?,12-,14+,15-/m0/s1. The molecule has 0 aromatic carbocycles. The normalized spacial score (nSPS) is 57.1. The van der Waals surface area contributed by atoms with Crippen LogP contribution in [0.25, 0.3) is 0 Å². The van der Waals surface area contributed by atoms with Crippen molar-refractivity contribution in [2.45, 2.75) is 57.3 Å². The fourth-order valence-corrected chi connectivity index (χ4v) is 4.71. The average Bonchev–Trinajstić information content (AvgIpc) is 2.65. The first kappa shape index (κ1) is 11.0. The third kappa shape index (κ3) is 1.04. The maximum absolute atomic E-state index is 11.9. The maximum atomic E-state index is 11.9. The number of carbonyl (C=O) groups is 1. The summed E-state index contributed by atoms with van der Waals surface area (Å²) in [6, 6.07) is 0. The zero-order valence-corrected chi connectivity index (χ0v) is 11.2. The van der Waals surface area contributed by atoms with Gasteiger partial charge < -0.3 is 9.47 Å². The van der Waals surface area contributed by atoms with E-state index in [9.17, 15) is 4.79 Å². The summed E-state index contributed by atoms with van der Waals surface area (Å²) < 4.78 is 11.9. The molecule has 6 atom stereocenters. The molecule has 3 heteroatoms. The summed E-state index contributed by atoms with van der Waals surface area (Å²) in [5.41, 5.74) is 1.32. The minimum Gasteiger partial charge on any atom is -0.461 e. The van der Waals surface area contributed by atoms with Crippen LogP contribution in [0.5, 0.6) is 0 Å². The second-order valence-corrected chi connectivity index (χ2v) is 6.75. The molecule has 0 aromatic rings. The van der Waals surface area contributed by atoms with Gasteiger partial charge in [0.25, 0.3) is 0 Å². The van der Waals surface area contributed by atoms with Crippen molar-refractivity contribution in [1.82, 2.24) is 0 Å². The fraction of sp³-hybridized carbons (Fsp3) is 0.800. The molecule has 0 N–H and O–H groups in total. The first-order valence-electron chi connectivity index (χ1n) is 7.06. The van der Waals surface area contributed by atoms with Gasteiger partial charge in [-0.15, -0.1) is 0 Å². The van der Waals surface area contributed by atoms with Gasteiger partial charge in [0, 0.05) is 11.8 Å². The lowest BCUT2D eigenvalue weighted by Crippen LogP contribution is -2.37. The van der Waals surface area contributed by atoms with Crippen LogP contribution in [0.15, 0.2) is 11.6 Å². The van der Waals surface area contributed by atoms with Crippen LogP contribution in [0, 0.1) is 17.8 Å². The van der Waals surface area contributed by atoms with Gasteiger partial charge in [-0.1, -0.05) is 18.6 Å². The van der Waals surface area contributed by atoms with Crippen molar-refractivity contribution in [3.05, 3.63) is 11.6 Å². The molecule has 1 unspecified atom stereocenters. The second kappa shape index (κ2) is 3.01. The van der Waals surface area contributed by atoms with E-state index in [0.717, 1.165) is 19.3 Å². The molecule has 0 radical (unpaired) electrons. The predicted octanol–water partition coefficient (Wildman–Crippen LogP) is 2.45. The van der Waals surface area contributed by atoms with Crippen LogP contribution in [0.4, 0.5) is 0 Å². The number of fused-ring (bicyclic) bond motifs is 2. The Labute approximate surface area is 108 Å². The molecule has 4 aliphatic rings. The highest BCUT2D eigenvalue weighted by Gasteiger charge is 2.75. The van der Waals surface area contributed by atoms with Crippen molar-refractivity contribution < 1.29 is 14.3 Å².